The minimum atomic E-state index is -4.75. The number of carbonyl (C=O) groups excluding carboxylic acids is 1. The minimum Gasteiger partial charge on any atom is -0.375 e. The van der Waals surface area contributed by atoms with Crippen LogP contribution in [-0.2, 0) is 22.3 Å². The van der Waals surface area contributed by atoms with Crippen molar-refractivity contribution >= 4 is 34.4 Å². The van der Waals surface area contributed by atoms with E-state index in [9.17, 15) is 27.2 Å². The van der Waals surface area contributed by atoms with Crippen molar-refractivity contribution in [2.45, 2.75) is 62.5 Å². The zero-order valence-corrected chi connectivity index (χ0v) is 24.7. The van der Waals surface area contributed by atoms with Gasteiger partial charge >= 0.3 is 11.9 Å². The Hall–Kier alpha value is -3.38. The average molecular weight is 617 g/mol. The van der Waals surface area contributed by atoms with E-state index in [1.54, 1.807) is 9.80 Å². The van der Waals surface area contributed by atoms with E-state index in [2.05, 4.69) is 11.6 Å². The SMILES string of the molecule is C=CC(=O)N1[C@H](C)CN(c2nc(=O)n3c4c(c(-c5ccc(F)cc5)c(C(F)(F)F)cc24)SC[C@@H](OCC2CC2)C3)C[C@@H]1C. The highest BCUT2D eigenvalue weighted by molar-refractivity contribution is 7.99. The average Bonchev–Trinajstić information content (AvgIpc) is 3.80. The maximum absolute atomic E-state index is 14.9. The Bertz CT molecular complexity index is 1630. The van der Waals surface area contributed by atoms with Crippen molar-refractivity contribution in [3.8, 4) is 11.1 Å². The van der Waals surface area contributed by atoms with Crippen molar-refractivity contribution in [1.29, 1.82) is 0 Å². The van der Waals surface area contributed by atoms with Gasteiger partial charge in [-0.2, -0.15) is 18.2 Å². The molecular formula is C31H32F4N4O3S. The van der Waals surface area contributed by atoms with Gasteiger partial charge in [-0.3, -0.25) is 9.36 Å². The van der Waals surface area contributed by atoms with Crippen LogP contribution in [0.3, 0.4) is 0 Å². The molecule has 3 aromatic rings. The van der Waals surface area contributed by atoms with E-state index in [0.717, 1.165) is 31.0 Å². The lowest BCUT2D eigenvalue weighted by atomic mass is 9.96. The first-order chi connectivity index (χ1) is 20.5. The Labute approximate surface area is 250 Å². The van der Waals surface area contributed by atoms with E-state index in [1.165, 1.54) is 34.5 Å². The van der Waals surface area contributed by atoms with Crippen molar-refractivity contribution in [1.82, 2.24) is 14.5 Å². The number of aromatic nitrogens is 2. The molecule has 1 amide bonds. The molecule has 3 aliphatic rings. The number of amides is 1. The Morgan fingerprint density at radius 2 is 1.81 bits per heavy atom. The molecule has 43 heavy (non-hydrogen) atoms. The van der Waals surface area contributed by atoms with E-state index in [1.807, 2.05) is 13.8 Å². The smallest absolute Gasteiger partial charge is 0.375 e. The number of halogens is 4. The standard InChI is InChI=1S/C31H32F4N4O3S/c1-4-25(40)39-17(2)12-37(13-18(39)3)29-23-11-24(31(33,34)35)26(20-7-9-21(32)10-8-20)28-27(23)38(30(41)36-29)14-22(16-43-28)42-15-19-5-6-19/h4,7-11,17-19,22H,1,5-6,12-16H2,2-3H3/t17-,18+,22-/m0/s1. The van der Waals surface area contributed by atoms with Crippen LogP contribution in [0.1, 0.15) is 32.3 Å². The van der Waals surface area contributed by atoms with E-state index in [-0.39, 0.29) is 64.9 Å². The lowest BCUT2D eigenvalue weighted by Crippen LogP contribution is -2.58. The van der Waals surface area contributed by atoms with Crippen LogP contribution < -0.4 is 10.6 Å². The number of alkyl halides is 3. The predicted molar refractivity (Wildman–Crippen MR) is 158 cm³/mol. The van der Waals surface area contributed by atoms with Gasteiger partial charge in [0.25, 0.3) is 0 Å². The number of carbonyl (C=O) groups is 1. The van der Waals surface area contributed by atoms with Crippen molar-refractivity contribution < 1.29 is 27.1 Å². The number of hydrogen-bond acceptors (Lipinski definition) is 6. The van der Waals surface area contributed by atoms with Gasteiger partial charge in [0.1, 0.15) is 11.6 Å². The quantitative estimate of drug-likeness (QED) is 0.260. The van der Waals surface area contributed by atoms with Crippen LogP contribution in [0.25, 0.3) is 22.0 Å². The van der Waals surface area contributed by atoms with Gasteiger partial charge in [-0.15, -0.1) is 11.8 Å². The van der Waals surface area contributed by atoms with E-state index in [4.69, 9.17) is 4.74 Å². The van der Waals surface area contributed by atoms with Gasteiger partial charge in [0.15, 0.2) is 0 Å². The summed E-state index contributed by atoms with van der Waals surface area (Å²) in [5, 5.41) is 0.200. The van der Waals surface area contributed by atoms with Crippen molar-refractivity contribution in [2.75, 3.05) is 30.3 Å². The van der Waals surface area contributed by atoms with Crippen LogP contribution in [0.2, 0.25) is 0 Å². The molecule has 3 heterocycles. The first kappa shape index (κ1) is 29.7. The lowest BCUT2D eigenvalue weighted by Gasteiger charge is -2.44. The largest absolute Gasteiger partial charge is 0.417 e. The van der Waals surface area contributed by atoms with E-state index < -0.39 is 29.4 Å². The number of piperazine rings is 1. The number of hydrogen-bond donors (Lipinski definition) is 0. The molecule has 2 aromatic carbocycles. The zero-order chi connectivity index (χ0) is 30.6. The number of ether oxygens (including phenoxy) is 1. The summed E-state index contributed by atoms with van der Waals surface area (Å²) in [7, 11) is 0. The summed E-state index contributed by atoms with van der Waals surface area (Å²) in [5.74, 6) is 0.152. The number of anilines is 1. The monoisotopic (exact) mass is 616 g/mol. The molecule has 2 aliphatic heterocycles. The lowest BCUT2D eigenvalue weighted by molar-refractivity contribution is -0.137. The van der Waals surface area contributed by atoms with Crippen LogP contribution in [0.5, 0.6) is 0 Å². The summed E-state index contributed by atoms with van der Waals surface area (Å²) in [6.45, 7) is 8.50. The van der Waals surface area contributed by atoms with E-state index in [0.29, 0.717) is 23.8 Å². The summed E-state index contributed by atoms with van der Waals surface area (Å²) in [5.41, 5.74) is -1.01. The molecule has 6 rings (SSSR count). The summed E-state index contributed by atoms with van der Waals surface area (Å²) in [6, 6.07) is 5.38. The molecule has 1 saturated carbocycles. The van der Waals surface area contributed by atoms with Crippen molar-refractivity contribution in [3.05, 3.63) is 64.9 Å². The summed E-state index contributed by atoms with van der Waals surface area (Å²) in [4.78, 5) is 34.4. The van der Waals surface area contributed by atoms with Gasteiger partial charge in [-0.05, 0) is 62.4 Å². The molecule has 1 saturated heterocycles. The molecular weight excluding hydrogens is 584 g/mol. The highest BCUT2D eigenvalue weighted by Crippen LogP contribution is 2.48. The molecule has 0 radical (unpaired) electrons. The highest BCUT2D eigenvalue weighted by atomic mass is 32.2. The van der Waals surface area contributed by atoms with Crippen LogP contribution >= 0.6 is 11.8 Å². The van der Waals surface area contributed by atoms with Gasteiger partial charge < -0.3 is 14.5 Å². The Morgan fingerprint density at radius 1 is 1.14 bits per heavy atom. The minimum absolute atomic E-state index is 0.0960. The third-order valence-electron chi connectivity index (χ3n) is 8.35. The second kappa shape index (κ2) is 11.3. The summed E-state index contributed by atoms with van der Waals surface area (Å²) >= 11 is 1.22. The second-order valence-electron chi connectivity index (χ2n) is 11.6. The normalized spacial score (nSPS) is 22.5. The summed E-state index contributed by atoms with van der Waals surface area (Å²) < 4.78 is 66.0. The summed E-state index contributed by atoms with van der Waals surface area (Å²) in [6.07, 6.45) is -1.77. The number of nitrogens with zero attached hydrogens (tertiary/aromatic N) is 4. The fourth-order valence-electron chi connectivity index (χ4n) is 6.20. The second-order valence-corrected chi connectivity index (χ2v) is 12.7. The first-order valence-electron chi connectivity index (χ1n) is 14.3. The third-order valence-corrected chi connectivity index (χ3v) is 9.57. The molecule has 3 atom stereocenters. The molecule has 0 unspecified atom stereocenters. The molecule has 12 heteroatoms. The van der Waals surface area contributed by atoms with Crippen LogP contribution in [-0.4, -0.2) is 64.0 Å². The molecule has 1 aliphatic carbocycles. The van der Waals surface area contributed by atoms with Crippen LogP contribution in [0, 0.1) is 11.7 Å². The van der Waals surface area contributed by atoms with Crippen molar-refractivity contribution in [3.63, 3.8) is 0 Å². The van der Waals surface area contributed by atoms with Gasteiger partial charge in [0.05, 0.1) is 23.7 Å². The van der Waals surface area contributed by atoms with Crippen LogP contribution in [0.4, 0.5) is 23.4 Å². The third kappa shape index (κ3) is 5.66. The fraction of sp³-hybridized carbons (Fsp3) is 0.452. The topological polar surface area (TPSA) is 67.7 Å². The molecule has 7 nitrogen and oxygen atoms in total. The van der Waals surface area contributed by atoms with Gasteiger partial charge in [0, 0.05) is 53.4 Å². The van der Waals surface area contributed by atoms with Crippen molar-refractivity contribution in [2.24, 2.45) is 5.92 Å². The molecule has 0 spiro atoms. The number of benzene rings is 2. The molecule has 1 aromatic heterocycles. The fourth-order valence-corrected chi connectivity index (χ4v) is 7.48. The van der Waals surface area contributed by atoms with Crippen LogP contribution in [0.15, 0.2) is 52.7 Å². The van der Waals surface area contributed by atoms with Gasteiger partial charge in [0.2, 0.25) is 5.91 Å². The van der Waals surface area contributed by atoms with E-state index >= 15 is 0 Å². The Balaban J connectivity index is 1.57. The number of thioether (sulfide) groups is 1. The Kier molecular flexibility index (Phi) is 7.78. The molecule has 228 valence electrons. The Morgan fingerprint density at radius 3 is 2.42 bits per heavy atom. The maximum Gasteiger partial charge on any atom is 0.417 e. The predicted octanol–water partition coefficient (Wildman–Crippen LogP) is 5.73. The first-order valence-corrected chi connectivity index (χ1v) is 15.3. The zero-order valence-electron chi connectivity index (χ0n) is 23.9. The molecule has 2 fully saturated rings. The molecule has 0 bridgehead atoms. The molecule has 0 N–H and O–H groups in total. The number of rotatable bonds is 6. The van der Waals surface area contributed by atoms with Gasteiger partial charge in [-0.1, -0.05) is 18.7 Å². The van der Waals surface area contributed by atoms with Gasteiger partial charge in [-0.25, -0.2) is 9.18 Å². The highest BCUT2D eigenvalue weighted by Gasteiger charge is 2.40. The maximum atomic E-state index is 14.9.